The van der Waals surface area contributed by atoms with E-state index >= 15 is 0 Å². The largest absolute Gasteiger partial charge is 0.506 e. The van der Waals surface area contributed by atoms with Crippen LogP contribution in [0.5, 0.6) is 5.75 Å². The molecular formula is C12H14BrNO2. The summed E-state index contributed by atoms with van der Waals surface area (Å²) in [6, 6.07) is 3.86. The van der Waals surface area contributed by atoms with Crippen molar-refractivity contribution in [1.82, 2.24) is 0 Å². The van der Waals surface area contributed by atoms with Gasteiger partial charge in [0.25, 0.3) is 0 Å². The summed E-state index contributed by atoms with van der Waals surface area (Å²) in [6.07, 6.45) is 1.70. The highest BCUT2D eigenvalue weighted by atomic mass is 79.9. The third-order valence-electron chi connectivity index (χ3n) is 3.06. The molecule has 1 aliphatic rings. The number of benzene rings is 1. The zero-order valence-electron chi connectivity index (χ0n) is 9.33. The minimum atomic E-state index is 0.0233. The van der Waals surface area contributed by atoms with Gasteiger partial charge in [-0.25, -0.2) is 0 Å². The Morgan fingerprint density at radius 3 is 2.88 bits per heavy atom. The number of phenols is 1. The van der Waals surface area contributed by atoms with Gasteiger partial charge in [-0.1, -0.05) is 0 Å². The summed E-state index contributed by atoms with van der Waals surface area (Å²) in [7, 11) is 0. The number of hydrogen-bond donors (Lipinski definition) is 1. The van der Waals surface area contributed by atoms with Crippen LogP contribution in [-0.4, -0.2) is 17.1 Å². The molecule has 4 heteroatoms. The lowest BCUT2D eigenvalue weighted by molar-refractivity contribution is -0.117. The van der Waals surface area contributed by atoms with E-state index in [1.165, 1.54) is 0 Å². The Bertz CT molecular complexity index is 445. The van der Waals surface area contributed by atoms with Crippen LogP contribution in [0.2, 0.25) is 0 Å². The van der Waals surface area contributed by atoms with E-state index in [4.69, 9.17) is 0 Å². The van der Waals surface area contributed by atoms with Gasteiger partial charge in [0.15, 0.2) is 0 Å². The second-order valence-corrected chi connectivity index (χ2v) is 5.02. The first-order chi connectivity index (χ1) is 7.52. The van der Waals surface area contributed by atoms with Gasteiger partial charge in [0, 0.05) is 18.5 Å². The van der Waals surface area contributed by atoms with Gasteiger partial charge in [0.1, 0.15) is 5.75 Å². The minimum Gasteiger partial charge on any atom is -0.506 e. The third kappa shape index (κ3) is 1.71. The summed E-state index contributed by atoms with van der Waals surface area (Å²) >= 11 is 3.29. The summed E-state index contributed by atoms with van der Waals surface area (Å²) in [6.45, 7) is 3.59. The fourth-order valence-corrected chi connectivity index (χ4v) is 2.64. The van der Waals surface area contributed by atoms with E-state index in [0.29, 0.717) is 4.47 Å². The molecule has 0 aliphatic carbocycles. The van der Waals surface area contributed by atoms with Crippen molar-refractivity contribution in [2.75, 3.05) is 4.90 Å². The fourth-order valence-electron chi connectivity index (χ4n) is 2.27. The number of hydrogen-bond acceptors (Lipinski definition) is 2. The molecule has 3 nitrogen and oxygen atoms in total. The van der Waals surface area contributed by atoms with E-state index in [-0.39, 0.29) is 17.7 Å². The number of anilines is 1. The van der Waals surface area contributed by atoms with Gasteiger partial charge in [0.05, 0.1) is 10.2 Å². The molecule has 0 spiro atoms. The molecule has 0 fully saturated rings. The Morgan fingerprint density at radius 2 is 2.25 bits per heavy atom. The normalized spacial score (nSPS) is 19.4. The zero-order valence-corrected chi connectivity index (χ0v) is 10.9. The smallest absolute Gasteiger partial charge is 0.224 e. The lowest BCUT2D eigenvalue weighted by Gasteiger charge is -2.35. The monoisotopic (exact) mass is 283 g/mol. The van der Waals surface area contributed by atoms with Gasteiger partial charge < -0.3 is 10.0 Å². The van der Waals surface area contributed by atoms with Crippen molar-refractivity contribution in [1.29, 1.82) is 0 Å². The molecule has 0 radical (unpaired) electrons. The van der Waals surface area contributed by atoms with Crippen LogP contribution < -0.4 is 4.90 Å². The Morgan fingerprint density at radius 1 is 1.56 bits per heavy atom. The molecule has 16 heavy (non-hydrogen) atoms. The van der Waals surface area contributed by atoms with Gasteiger partial charge in [-0.15, -0.1) is 0 Å². The Balaban J connectivity index is 2.57. The van der Waals surface area contributed by atoms with E-state index in [1.54, 1.807) is 17.9 Å². The lowest BCUT2D eigenvalue weighted by atomic mass is 9.96. The van der Waals surface area contributed by atoms with Gasteiger partial charge in [-0.3, -0.25) is 4.79 Å². The minimum absolute atomic E-state index is 0.0233. The summed E-state index contributed by atoms with van der Waals surface area (Å²) < 4.78 is 0.685. The molecule has 1 unspecified atom stereocenters. The van der Waals surface area contributed by atoms with Crippen molar-refractivity contribution in [2.24, 2.45) is 0 Å². The number of fused-ring (bicyclic) bond motifs is 1. The van der Waals surface area contributed by atoms with E-state index in [2.05, 4.69) is 15.9 Å². The molecule has 1 aromatic rings. The van der Waals surface area contributed by atoms with Crippen LogP contribution in [0.15, 0.2) is 16.6 Å². The van der Waals surface area contributed by atoms with Crippen LogP contribution in [0.4, 0.5) is 5.69 Å². The maximum absolute atomic E-state index is 11.6. The van der Waals surface area contributed by atoms with Gasteiger partial charge >= 0.3 is 0 Å². The number of phenolic OH excluding ortho intramolecular Hbond substituents is 1. The van der Waals surface area contributed by atoms with Crippen molar-refractivity contribution in [3.8, 4) is 5.75 Å². The predicted octanol–water partition coefficient (Wildman–Crippen LogP) is 2.84. The summed E-state index contributed by atoms with van der Waals surface area (Å²) in [4.78, 5) is 13.4. The van der Waals surface area contributed by atoms with E-state index in [1.807, 2.05) is 13.0 Å². The summed E-state index contributed by atoms with van der Waals surface area (Å²) in [5, 5.41) is 9.94. The van der Waals surface area contributed by atoms with Crippen molar-refractivity contribution < 1.29 is 9.90 Å². The zero-order chi connectivity index (χ0) is 11.9. The fraction of sp³-hybridized carbons (Fsp3) is 0.417. The maximum Gasteiger partial charge on any atom is 0.224 e. The highest BCUT2D eigenvalue weighted by molar-refractivity contribution is 9.10. The van der Waals surface area contributed by atoms with Crippen molar-refractivity contribution in [3.63, 3.8) is 0 Å². The SMILES string of the molecule is CC(=O)N1c2ccc(Br)c(O)c2CCC1C. The molecule has 0 aromatic heterocycles. The molecule has 1 N–H and O–H groups in total. The molecule has 1 aliphatic heterocycles. The van der Waals surface area contributed by atoms with Crippen molar-refractivity contribution >= 4 is 27.5 Å². The van der Waals surface area contributed by atoms with Crippen LogP contribution in [0, 0.1) is 0 Å². The van der Waals surface area contributed by atoms with E-state index in [9.17, 15) is 9.90 Å². The molecule has 1 amide bonds. The molecular weight excluding hydrogens is 270 g/mol. The Hall–Kier alpha value is -1.03. The van der Waals surface area contributed by atoms with E-state index in [0.717, 1.165) is 24.1 Å². The highest BCUT2D eigenvalue weighted by Crippen LogP contribution is 2.40. The maximum atomic E-state index is 11.6. The molecule has 0 bridgehead atoms. The average molecular weight is 284 g/mol. The predicted molar refractivity (Wildman–Crippen MR) is 66.7 cm³/mol. The number of amides is 1. The standard InChI is InChI=1S/C12H14BrNO2/c1-7-3-4-9-11(14(7)8(2)15)6-5-10(13)12(9)16/h5-7,16H,3-4H2,1-2H3. The van der Waals surface area contributed by atoms with Crippen LogP contribution >= 0.6 is 15.9 Å². The lowest BCUT2D eigenvalue weighted by Crippen LogP contribution is -2.40. The highest BCUT2D eigenvalue weighted by Gasteiger charge is 2.28. The number of aromatic hydroxyl groups is 1. The number of carbonyl (C=O) groups excluding carboxylic acids is 1. The molecule has 0 saturated carbocycles. The first kappa shape index (κ1) is 11.5. The van der Waals surface area contributed by atoms with Crippen molar-refractivity contribution in [3.05, 3.63) is 22.2 Å². The van der Waals surface area contributed by atoms with Crippen molar-refractivity contribution in [2.45, 2.75) is 32.7 Å². The Labute approximate surface area is 103 Å². The first-order valence-corrected chi connectivity index (χ1v) is 6.11. The number of halogens is 1. The molecule has 1 aromatic carbocycles. The number of rotatable bonds is 0. The van der Waals surface area contributed by atoms with Crippen LogP contribution in [0.25, 0.3) is 0 Å². The van der Waals surface area contributed by atoms with Gasteiger partial charge in [0.2, 0.25) is 5.91 Å². The summed E-state index contributed by atoms with van der Waals surface area (Å²) in [5.41, 5.74) is 1.70. The Kier molecular flexibility index (Phi) is 2.93. The van der Waals surface area contributed by atoms with Crippen LogP contribution in [0.3, 0.4) is 0 Å². The summed E-state index contributed by atoms with van der Waals surface area (Å²) in [5.74, 6) is 0.283. The topological polar surface area (TPSA) is 40.5 Å². The second kappa shape index (κ2) is 4.09. The van der Waals surface area contributed by atoms with Gasteiger partial charge in [-0.05, 0) is 47.8 Å². The molecule has 1 atom stereocenters. The molecule has 2 rings (SSSR count). The van der Waals surface area contributed by atoms with Crippen LogP contribution in [-0.2, 0) is 11.2 Å². The number of carbonyl (C=O) groups is 1. The number of nitrogens with zero attached hydrogens (tertiary/aromatic N) is 1. The molecule has 86 valence electrons. The van der Waals surface area contributed by atoms with E-state index < -0.39 is 0 Å². The molecule has 0 saturated heterocycles. The third-order valence-corrected chi connectivity index (χ3v) is 3.70. The average Bonchev–Trinajstić information content (AvgIpc) is 2.22. The quantitative estimate of drug-likeness (QED) is 0.795. The molecule has 1 heterocycles. The first-order valence-electron chi connectivity index (χ1n) is 5.32. The van der Waals surface area contributed by atoms with Crippen LogP contribution in [0.1, 0.15) is 25.8 Å². The second-order valence-electron chi connectivity index (χ2n) is 4.17. The van der Waals surface area contributed by atoms with Gasteiger partial charge in [-0.2, -0.15) is 0 Å².